The van der Waals surface area contributed by atoms with E-state index < -0.39 is 0 Å². The summed E-state index contributed by atoms with van der Waals surface area (Å²) in [6.45, 7) is 0.982. The molecule has 1 N–H and O–H groups in total. The summed E-state index contributed by atoms with van der Waals surface area (Å²) in [5.41, 5.74) is 2.81. The number of hydrogen-bond donors (Lipinski definition) is 1. The molecule has 88 valence electrons. The second-order valence-electron chi connectivity index (χ2n) is 3.74. The largest absolute Gasteiger partial charge is 0.319 e. The van der Waals surface area contributed by atoms with E-state index in [0.717, 1.165) is 29.6 Å². The van der Waals surface area contributed by atoms with Crippen molar-refractivity contribution in [2.75, 3.05) is 13.6 Å². The highest BCUT2D eigenvalue weighted by Gasteiger charge is 1.98. The molecule has 0 aliphatic heterocycles. The van der Waals surface area contributed by atoms with Gasteiger partial charge >= 0.3 is 0 Å². The van der Waals surface area contributed by atoms with E-state index in [1.54, 1.807) is 6.20 Å². The summed E-state index contributed by atoms with van der Waals surface area (Å²) in [7, 11) is 1.95. The summed E-state index contributed by atoms with van der Waals surface area (Å²) in [6.07, 6.45) is 6.79. The fourth-order valence-electron chi connectivity index (χ4n) is 1.56. The van der Waals surface area contributed by atoms with Crippen molar-refractivity contribution in [1.29, 1.82) is 0 Å². The molecule has 4 heteroatoms. The summed E-state index contributed by atoms with van der Waals surface area (Å²) < 4.78 is 0. The van der Waals surface area contributed by atoms with Crippen LogP contribution in [0.5, 0.6) is 0 Å². The van der Waals surface area contributed by atoms with E-state index in [1.165, 1.54) is 0 Å². The third kappa shape index (κ3) is 3.25. The van der Waals surface area contributed by atoms with Gasteiger partial charge in [0.15, 0.2) is 0 Å². The summed E-state index contributed by atoms with van der Waals surface area (Å²) in [6, 6.07) is 5.97. The van der Waals surface area contributed by atoms with Crippen molar-refractivity contribution in [3.8, 4) is 0 Å². The molecule has 2 rings (SSSR count). The Morgan fingerprint density at radius 3 is 3.06 bits per heavy atom. The zero-order chi connectivity index (χ0) is 12.1. The predicted molar refractivity (Wildman–Crippen MR) is 72.1 cm³/mol. The lowest BCUT2D eigenvalue weighted by Crippen LogP contribution is -2.05. The third-order valence-corrected chi connectivity index (χ3v) is 2.59. The van der Waals surface area contributed by atoms with Crippen LogP contribution in [0.2, 0.25) is 5.15 Å². The Balaban J connectivity index is 2.21. The highest BCUT2D eigenvalue weighted by atomic mass is 35.5. The van der Waals surface area contributed by atoms with Crippen molar-refractivity contribution in [3.05, 3.63) is 41.2 Å². The van der Waals surface area contributed by atoms with Gasteiger partial charge < -0.3 is 5.32 Å². The normalized spacial score (nSPS) is 11.4. The topological polar surface area (TPSA) is 37.8 Å². The standard InChI is InChI=1S/C13H14ClN3/c1-15-7-3-2-4-10-5-6-11-12(8-10)17-13(14)9-16-11/h2,4-6,8-9,15H,3,7H2,1H3. The molecule has 0 atom stereocenters. The number of benzene rings is 1. The van der Waals surface area contributed by atoms with Crippen LogP contribution in [-0.2, 0) is 0 Å². The van der Waals surface area contributed by atoms with Gasteiger partial charge in [-0.25, -0.2) is 4.98 Å². The smallest absolute Gasteiger partial charge is 0.148 e. The summed E-state index contributed by atoms with van der Waals surface area (Å²) in [5.74, 6) is 0. The Labute approximate surface area is 106 Å². The molecule has 3 nitrogen and oxygen atoms in total. The van der Waals surface area contributed by atoms with Gasteiger partial charge in [-0.3, -0.25) is 4.98 Å². The van der Waals surface area contributed by atoms with E-state index >= 15 is 0 Å². The van der Waals surface area contributed by atoms with Crippen LogP contribution in [0.25, 0.3) is 17.1 Å². The lowest BCUT2D eigenvalue weighted by molar-refractivity contribution is 0.809. The summed E-state index contributed by atoms with van der Waals surface area (Å²) >= 11 is 5.82. The average Bonchev–Trinajstić information content (AvgIpc) is 2.34. The Morgan fingerprint density at radius 2 is 2.24 bits per heavy atom. The zero-order valence-corrected chi connectivity index (χ0v) is 10.4. The highest BCUT2D eigenvalue weighted by Crippen LogP contribution is 2.15. The Hall–Kier alpha value is -1.45. The van der Waals surface area contributed by atoms with E-state index in [4.69, 9.17) is 11.6 Å². The van der Waals surface area contributed by atoms with Crippen molar-refractivity contribution >= 4 is 28.7 Å². The maximum absolute atomic E-state index is 5.82. The molecule has 2 aromatic rings. The predicted octanol–water partition coefficient (Wildman–Crippen LogP) is 2.91. The van der Waals surface area contributed by atoms with Gasteiger partial charge in [0.25, 0.3) is 0 Å². The van der Waals surface area contributed by atoms with E-state index in [2.05, 4.69) is 27.4 Å². The van der Waals surface area contributed by atoms with Crippen LogP contribution in [0, 0.1) is 0 Å². The fraction of sp³-hybridized carbons (Fsp3) is 0.231. The number of nitrogens with one attached hydrogen (secondary N) is 1. The molecule has 0 aliphatic rings. The molecular weight excluding hydrogens is 234 g/mol. The second-order valence-corrected chi connectivity index (χ2v) is 4.12. The number of nitrogens with zero attached hydrogens (tertiary/aromatic N) is 2. The molecule has 0 amide bonds. The van der Waals surface area contributed by atoms with Gasteiger partial charge in [-0.2, -0.15) is 0 Å². The third-order valence-electron chi connectivity index (χ3n) is 2.41. The zero-order valence-electron chi connectivity index (χ0n) is 9.65. The minimum atomic E-state index is 0.425. The van der Waals surface area contributed by atoms with Gasteiger partial charge in [-0.05, 0) is 37.7 Å². The van der Waals surface area contributed by atoms with Gasteiger partial charge in [0.05, 0.1) is 17.2 Å². The van der Waals surface area contributed by atoms with Gasteiger partial charge in [0, 0.05) is 0 Å². The fourth-order valence-corrected chi connectivity index (χ4v) is 1.70. The molecule has 0 fully saturated rings. The van der Waals surface area contributed by atoms with E-state index in [9.17, 15) is 0 Å². The first kappa shape index (κ1) is 12.0. The second kappa shape index (κ2) is 5.75. The molecule has 0 saturated carbocycles. The van der Waals surface area contributed by atoms with Crippen molar-refractivity contribution < 1.29 is 0 Å². The lowest BCUT2D eigenvalue weighted by Gasteiger charge is -1.99. The van der Waals surface area contributed by atoms with E-state index in [1.807, 2.05) is 25.2 Å². The summed E-state index contributed by atoms with van der Waals surface area (Å²) in [4.78, 5) is 8.44. The van der Waals surface area contributed by atoms with Crippen LogP contribution in [0.15, 0.2) is 30.5 Å². The molecule has 0 unspecified atom stereocenters. The van der Waals surface area contributed by atoms with Crippen LogP contribution in [0.4, 0.5) is 0 Å². The molecule has 0 bridgehead atoms. The van der Waals surface area contributed by atoms with Gasteiger partial charge in [-0.1, -0.05) is 29.8 Å². The molecule has 0 aliphatic carbocycles. The SMILES string of the molecule is CNCCC=Cc1ccc2ncc(Cl)nc2c1. The van der Waals surface area contributed by atoms with Gasteiger partial charge in [-0.15, -0.1) is 0 Å². The van der Waals surface area contributed by atoms with Gasteiger partial charge in [0.1, 0.15) is 5.15 Å². The highest BCUT2D eigenvalue weighted by molar-refractivity contribution is 6.29. The van der Waals surface area contributed by atoms with Gasteiger partial charge in [0.2, 0.25) is 0 Å². The number of hydrogen-bond acceptors (Lipinski definition) is 3. The van der Waals surface area contributed by atoms with Crippen molar-refractivity contribution in [2.45, 2.75) is 6.42 Å². The van der Waals surface area contributed by atoms with Crippen LogP contribution in [0.3, 0.4) is 0 Å². The van der Waals surface area contributed by atoms with Crippen molar-refractivity contribution in [2.24, 2.45) is 0 Å². The first-order valence-corrected chi connectivity index (χ1v) is 5.91. The van der Waals surface area contributed by atoms with E-state index in [-0.39, 0.29) is 0 Å². The molecule has 1 heterocycles. The minimum Gasteiger partial charge on any atom is -0.319 e. The first-order chi connectivity index (χ1) is 8.29. The molecule has 0 spiro atoms. The first-order valence-electron chi connectivity index (χ1n) is 5.53. The maximum Gasteiger partial charge on any atom is 0.148 e. The molecule has 17 heavy (non-hydrogen) atoms. The number of halogens is 1. The number of aromatic nitrogens is 2. The van der Waals surface area contributed by atoms with Crippen LogP contribution < -0.4 is 5.32 Å². The Bertz CT molecular complexity index is 537. The monoisotopic (exact) mass is 247 g/mol. The summed E-state index contributed by atoms with van der Waals surface area (Å²) in [5, 5.41) is 3.52. The number of rotatable bonds is 4. The quantitative estimate of drug-likeness (QED) is 0.845. The Kier molecular flexibility index (Phi) is 4.07. The van der Waals surface area contributed by atoms with Crippen LogP contribution in [0.1, 0.15) is 12.0 Å². The molecule has 1 aromatic carbocycles. The number of fused-ring (bicyclic) bond motifs is 1. The van der Waals surface area contributed by atoms with Crippen LogP contribution >= 0.6 is 11.6 Å². The molecule has 0 radical (unpaired) electrons. The molecular formula is C13H14ClN3. The molecule has 1 aromatic heterocycles. The lowest BCUT2D eigenvalue weighted by atomic mass is 10.1. The molecule has 0 saturated heterocycles. The average molecular weight is 248 g/mol. The minimum absolute atomic E-state index is 0.425. The maximum atomic E-state index is 5.82. The van der Waals surface area contributed by atoms with Crippen LogP contribution in [-0.4, -0.2) is 23.6 Å². The van der Waals surface area contributed by atoms with Crippen molar-refractivity contribution in [1.82, 2.24) is 15.3 Å². The Morgan fingerprint density at radius 1 is 1.35 bits per heavy atom. The van der Waals surface area contributed by atoms with E-state index in [0.29, 0.717) is 5.15 Å². The van der Waals surface area contributed by atoms with Crippen molar-refractivity contribution in [3.63, 3.8) is 0 Å².